The molecule has 4 N–H and O–H groups in total. The Hall–Kier alpha value is -2.75. The van der Waals surface area contributed by atoms with Crippen LogP contribution in [0.25, 0.3) is 0 Å². The van der Waals surface area contributed by atoms with E-state index in [-0.39, 0.29) is 23.1 Å². The molecule has 2 aromatic carbocycles. The van der Waals surface area contributed by atoms with Crippen molar-refractivity contribution in [2.45, 2.75) is 17.9 Å². The molecule has 0 aromatic heterocycles. The Kier molecular flexibility index (Phi) is 6.67. The van der Waals surface area contributed by atoms with E-state index >= 15 is 0 Å². The maximum Gasteiger partial charge on any atom is 0.255 e. The van der Waals surface area contributed by atoms with Crippen LogP contribution in [0.2, 0.25) is 0 Å². The van der Waals surface area contributed by atoms with E-state index in [0.29, 0.717) is 11.3 Å². The first-order chi connectivity index (χ1) is 12.7. The molecule has 2 aromatic rings. The van der Waals surface area contributed by atoms with Gasteiger partial charge in [0.05, 0.1) is 11.5 Å². The lowest BCUT2D eigenvalue weighted by atomic mass is 10.2. The highest BCUT2D eigenvalue weighted by Gasteiger charge is 2.18. The van der Waals surface area contributed by atoms with Gasteiger partial charge in [-0.1, -0.05) is 0 Å². The van der Waals surface area contributed by atoms with Crippen LogP contribution in [0.5, 0.6) is 0 Å². The maximum atomic E-state index is 12.3. The van der Waals surface area contributed by atoms with Crippen LogP contribution in [0, 0.1) is 0 Å². The monoisotopic (exact) mass is 391 g/mol. The van der Waals surface area contributed by atoms with Crippen LogP contribution in [0.1, 0.15) is 27.6 Å². The second-order valence-corrected chi connectivity index (χ2v) is 7.61. The van der Waals surface area contributed by atoms with Gasteiger partial charge in [0.1, 0.15) is 0 Å². The van der Waals surface area contributed by atoms with E-state index in [9.17, 15) is 18.0 Å². The van der Waals surface area contributed by atoms with Gasteiger partial charge in [0.25, 0.3) is 5.91 Å². The number of hydrogen-bond donors (Lipinski definition) is 3. The summed E-state index contributed by atoms with van der Waals surface area (Å²) in [6.07, 6.45) is 0. The van der Waals surface area contributed by atoms with Crippen molar-refractivity contribution in [3.8, 4) is 0 Å². The van der Waals surface area contributed by atoms with Crippen LogP contribution in [0.3, 0.4) is 0 Å². The smallest absolute Gasteiger partial charge is 0.255 e. The highest BCUT2D eigenvalue weighted by atomic mass is 32.2. The molecule has 0 aliphatic rings. The largest absolute Gasteiger partial charge is 0.383 e. The third-order valence-electron chi connectivity index (χ3n) is 3.63. The molecule has 1 atom stereocenters. The highest BCUT2D eigenvalue weighted by Crippen LogP contribution is 2.14. The lowest BCUT2D eigenvalue weighted by Crippen LogP contribution is -2.35. The van der Waals surface area contributed by atoms with Crippen LogP contribution in [-0.2, 0) is 14.8 Å². The Morgan fingerprint density at radius 1 is 1.04 bits per heavy atom. The van der Waals surface area contributed by atoms with E-state index in [1.54, 1.807) is 19.1 Å². The maximum absolute atomic E-state index is 12.3. The first kappa shape index (κ1) is 20.6. The molecule has 0 heterocycles. The Morgan fingerprint density at radius 3 is 2.11 bits per heavy atom. The number of nitrogens with two attached hydrogens (primary N) is 1. The summed E-state index contributed by atoms with van der Waals surface area (Å²) >= 11 is 0. The molecule has 0 saturated heterocycles. The molecule has 0 aliphatic heterocycles. The number of rotatable bonds is 8. The molecule has 0 unspecified atom stereocenters. The number of carbonyl (C=O) groups is 2. The SMILES string of the molecule is COC[C@H](C)NS(=O)(=O)c1ccc(C(=O)Nc2ccc(C(N)=O)cc2)cc1. The molecule has 9 heteroatoms. The van der Waals surface area contributed by atoms with Gasteiger partial charge >= 0.3 is 0 Å². The number of amides is 2. The average molecular weight is 391 g/mol. The summed E-state index contributed by atoms with van der Waals surface area (Å²) in [5, 5.41) is 2.66. The summed E-state index contributed by atoms with van der Waals surface area (Å²) in [5.74, 6) is -0.968. The predicted octanol–water partition coefficient (Wildman–Crippen LogP) is 1.35. The number of carbonyl (C=O) groups excluding carboxylic acids is 2. The topological polar surface area (TPSA) is 128 Å². The summed E-state index contributed by atoms with van der Waals surface area (Å²) in [6, 6.07) is 11.3. The van der Waals surface area contributed by atoms with E-state index in [4.69, 9.17) is 10.5 Å². The lowest BCUT2D eigenvalue weighted by molar-refractivity contribution is 0.0998. The van der Waals surface area contributed by atoms with Gasteiger partial charge in [0.2, 0.25) is 15.9 Å². The highest BCUT2D eigenvalue weighted by molar-refractivity contribution is 7.89. The number of nitrogens with one attached hydrogen (secondary N) is 2. The van der Waals surface area contributed by atoms with Crippen molar-refractivity contribution >= 4 is 27.5 Å². The number of methoxy groups -OCH3 is 1. The van der Waals surface area contributed by atoms with E-state index in [0.717, 1.165) is 0 Å². The third kappa shape index (κ3) is 5.61. The molecule has 0 radical (unpaired) electrons. The zero-order chi connectivity index (χ0) is 20.0. The fourth-order valence-electron chi connectivity index (χ4n) is 2.32. The summed E-state index contributed by atoms with van der Waals surface area (Å²) < 4.78 is 31.9. The Bertz CT molecular complexity index is 909. The Balaban J connectivity index is 2.07. The van der Waals surface area contributed by atoms with Crippen molar-refractivity contribution in [2.75, 3.05) is 19.0 Å². The van der Waals surface area contributed by atoms with Crippen LogP contribution in [0.15, 0.2) is 53.4 Å². The summed E-state index contributed by atoms with van der Waals surface area (Å²) in [4.78, 5) is 23.4. The molecule has 27 heavy (non-hydrogen) atoms. The van der Waals surface area contributed by atoms with E-state index < -0.39 is 21.8 Å². The van der Waals surface area contributed by atoms with Crippen LogP contribution >= 0.6 is 0 Å². The van der Waals surface area contributed by atoms with E-state index in [1.807, 2.05) is 0 Å². The fraction of sp³-hybridized carbons (Fsp3) is 0.222. The molecule has 0 bridgehead atoms. The minimum atomic E-state index is -3.70. The van der Waals surface area contributed by atoms with Gasteiger partial charge in [-0.3, -0.25) is 9.59 Å². The van der Waals surface area contributed by atoms with Gasteiger partial charge in [-0.05, 0) is 55.5 Å². The van der Waals surface area contributed by atoms with Crippen molar-refractivity contribution in [1.29, 1.82) is 0 Å². The number of benzene rings is 2. The Morgan fingerprint density at radius 2 is 1.59 bits per heavy atom. The average Bonchev–Trinajstić information content (AvgIpc) is 2.62. The number of primary amides is 1. The number of anilines is 1. The van der Waals surface area contributed by atoms with Crippen LogP contribution < -0.4 is 15.8 Å². The summed E-state index contributed by atoms with van der Waals surface area (Å²) in [7, 11) is -2.22. The van der Waals surface area contributed by atoms with Crippen molar-refractivity contribution in [3.05, 3.63) is 59.7 Å². The second-order valence-electron chi connectivity index (χ2n) is 5.90. The Labute approximate surface area is 157 Å². The molecule has 0 aliphatic carbocycles. The number of sulfonamides is 1. The predicted molar refractivity (Wildman–Crippen MR) is 101 cm³/mol. The standard InChI is InChI=1S/C18H21N3O5S/c1-12(11-26-2)21-27(24,25)16-9-5-14(6-10-16)18(23)20-15-7-3-13(4-8-15)17(19)22/h3-10,12,21H,11H2,1-2H3,(H2,19,22)(H,20,23)/t12-/m0/s1. The van der Waals surface area contributed by atoms with E-state index in [1.165, 1.54) is 43.5 Å². The van der Waals surface area contributed by atoms with Crippen molar-refractivity contribution in [3.63, 3.8) is 0 Å². The van der Waals surface area contributed by atoms with E-state index in [2.05, 4.69) is 10.0 Å². The fourth-order valence-corrected chi connectivity index (χ4v) is 3.55. The normalized spacial score (nSPS) is 12.4. The molecule has 2 rings (SSSR count). The molecule has 0 saturated carbocycles. The van der Waals surface area contributed by atoms with Crippen molar-refractivity contribution in [2.24, 2.45) is 5.73 Å². The molecule has 144 valence electrons. The zero-order valence-electron chi connectivity index (χ0n) is 14.9. The van der Waals surface area contributed by atoms with Crippen LogP contribution in [-0.4, -0.2) is 40.0 Å². The minimum absolute atomic E-state index is 0.0489. The molecule has 8 nitrogen and oxygen atoms in total. The first-order valence-corrected chi connectivity index (χ1v) is 9.54. The zero-order valence-corrected chi connectivity index (χ0v) is 15.7. The van der Waals surface area contributed by atoms with Crippen molar-refractivity contribution < 1.29 is 22.7 Å². The van der Waals surface area contributed by atoms with Crippen molar-refractivity contribution in [1.82, 2.24) is 4.72 Å². The molecule has 2 amide bonds. The van der Waals surface area contributed by atoms with Gasteiger partial charge in [-0.25, -0.2) is 13.1 Å². The molecular formula is C18H21N3O5S. The molecule has 0 fully saturated rings. The van der Waals surface area contributed by atoms with Crippen LogP contribution in [0.4, 0.5) is 5.69 Å². The third-order valence-corrected chi connectivity index (χ3v) is 5.23. The molecular weight excluding hydrogens is 370 g/mol. The number of ether oxygens (including phenoxy) is 1. The minimum Gasteiger partial charge on any atom is -0.383 e. The summed E-state index contributed by atoms with van der Waals surface area (Å²) in [6.45, 7) is 1.93. The van der Waals surface area contributed by atoms with Gasteiger partial charge in [0, 0.05) is 30.0 Å². The quantitative estimate of drug-likeness (QED) is 0.626. The van der Waals surface area contributed by atoms with Gasteiger partial charge in [-0.2, -0.15) is 0 Å². The lowest BCUT2D eigenvalue weighted by Gasteiger charge is -2.13. The van der Waals surface area contributed by atoms with Gasteiger partial charge in [0.15, 0.2) is 0 Å². The molecule has 0 spiro atoms. The first-order valence-electron chi connectivity index (χ1n) is 8.05. The summed E-state index contributed by atoms with van der Waals surface area (Å²) in [5.41, 5.74) is 6.27. The number of hydrogen-bond acceptors (Lipinski definition) is 5. The van der Waals surface area contributed by atoms with Gasteiger partial charge in [-0.15, -0.1) is 0 Å². The van der Waals surface area contributed by atoms with Gasteiger partial charge < -0.3 is 15.8 Å². The second kappa shape index (κ2) is 8.76.